The molecule has 2 heterocycles. The van der Waals surface area contributed by atoms with Crippen LogP contribution in [0.15, 0.2) is 8.83 Å². The van der Waals surface area contributed by atoms with Crippen molar-refractivity contribution in [1.82, 2.24) is 0 Å². The molecule has 0 fully saturated rings. The van der Waals surface area contributed by atoms with Gasteiger partial charge in [-0.1, -0.05) is 0 Å². The first-order chi connectivity index (χ1) is 5.61. The molecule has 0 aromatic carbocycles. The lowest BCUT2D eigenvalue weighted by Gasteiger charge is -1.87. The summed E-state index contributed by atoms with van der Waals surface area (Å²) in [6.07, 6.45) is 0. The van der Waals surface area contributed by atoms with E-state index in [2.05, 4.69) is 0 Å². The van der Waals surface area contributed by atoms with Crippen LogP contribution in [0.4, 0.5) is 0 Å². The number of rotatable bonds is 0. The molecule has 12 heavy (non-hydrogen) atoms. The largest absolute Gasteiger partial charge is 0.457 e. The maximum atomic E-state index is 5.56. The second-order valence-corrected chi connectivity index (χ2v) is 3.22. The third-order valence-corrected chi connectivity index (χ3v) is 2.45. The van der Waals surface area contributed by atoms with Crippen LogP contribution in [0.1, 0.15) is 22.6 Å². The van der Waals surface area contributed by atoms with Crippen molar-refractivity contribution in [3.05, 3.63) is 22.6 Å². The van der Waals surface area contributed by atoms with Crippen molar-refractivity contribution in [2.45, 2.75) is 27.7 Å². The number of furan rings is 2. The van der Waals surface area contributed by atoms with Crippen molar-refractivity contribution in [3.63, 3.8) is 0 Å². The first-order valence-corrected chi connectivity index (χ1v) is 4.07. The monoisotopic (exact) mass is 164 g/mol. The van der Waals surface area contributed by atoms with E-state index in [4.69, 9.17) is 8.83 Å². The Morgan fingerprint density at radius 2 is 1.00 bits per heavy atom. The smallest absolute Gasteiger partial charge is 0.176 e. The zero-order valence-corrected chi connectivity index (χ0v) is 7.82. The zero-order valence-electron chi connectivity index (χ0n) is 7.82. The predicted octanol–water partition coefficient (Wildman–Crippen LogP) is 3.26. The van der Waals surface area contributed by atoms with Crippen molar-refractivity contribution in [3.8, 4) is 0 Å². The van der Waals surface area contributed by atoms with E-state index in [9.17, 15) is 0 Å². The quantitative estimate of drug-likeness (QED) is 0.597. The van der Waals surface area contributed by atoms with E-state index in [1.807, 2.05) is 27.7 Å². The third kappa shape index (κ3) is 0.750. The lowest BCUT2D eigenvalue weighted by molar-refractivity contribution is 0.570. The molecule has 0 saturated carbocycles. The molecule has 0 aliphatic heterocycles. The molecule has 2 aromatic heterocycles. The van der Waals surface area contributed by atoms with Gasteiger partial charge in [0, 0.05) is 11.1 Å². The summed E-state index contributed by atoms with van der Waals surface area (Å²) in [4.78, 5) is 0. The summed E-state index contributed by atoms with van der Waals surface area (Å²) in [6, 6.07) is 0. The topological polar surface area (TPSA) is 26.3 Å². The van der Waals surface area contributed by atoms with Gasteiger partial charge in [-0.3, -0.25) is 0 Å². The third-order valence-electron chi connectivity index (χ3n) is 2.45. The van der Waals surface area contributed by atoms with Crippen LogP contribution in [0.5, 0.6) is 0 Å². The molecule has 64 valence electrons. The molecule has 2 nitrogen and oxygen atoms in total. The van der Waals surface area contributed by atoms with Crippen LogP contribution < -0.4 is 0 Å². The number of hydrogen-bond donors (Lipinski definition) is 0. The Kier molecular flexibility index (Phi) is 1.34. The van der Waals surface area contributed by atoms with E-state index in [0.29, 0.717) is 0 Å². The maximum Gasteiger partial charge on any atom is 0.176 e. The van der Waals surface area contributed by atoms with E-state index in [0.717, 1.165) is 33.8 Å². The van der Waals surface area contributed by atoms with Gasteiger partial charge in [0.2, 0.25) is 0 Å². The standard InChI is InChI=1S/C10H12O2/c1-5-7(3)11-10-6(2)8(4)12-9(5)10/h1-4H3. The average Bonchev–Trinajstić information content (AvgIpc) is 2.43. The van der Waals surface area contributed by atoms with Gasteiger partial charge < -0.3 is 8.83 Å². The van der Waals surface area contributed by atoms with E-state index in [1.165, 1.54) is 0 Å². The second-order valence-electron chi connectivity index (χ2n) is 3.22. The molecule has 0 spiro atoms. The molecule has 0 N–H and O–H groups in total. The fourth-order valence-electron chi connectivity index (χ4n) is 1.37. The van der Waals surface area contributed by atoms with Gasteiger partial charge in [0.25, 0.3) is 0 Å². The van der Waals surface area contributed by atoms with Gasteiger partial charge in [-0.25, -0.2) is 0 Å². The minimum Gasteiger partial charge on any atom is -0.457 e. The fraction of sp³-hybridized carbons (Fsp3) is 0.400. The van der Waals surface area contributed by atoms with Gasteiger partial charge in [0.15, 0.2) is 11.2 Å². The van der Waals surface area contributed by atoms with Crippen LogP contribution in [-0.4, -0.2) is 0 Å². The highest BCUT2D eigenvalue weighted by Gasteiger charge is 2.15. The zero-order chi connectivity index (χ0) is 8.88. The summed E-state index contributed by atoms with van der Waals surface area (Å²) >= 11 is 0. The summed E-state index contributed by atoms with van der Waals surface area (Å²) in [6.45, 7) is 7.95. The number of aryl methyl sites for hydroxylation is 4. The highest BCUT2D eigenvalue weighted by molar-refractivity contribution is 5.80. The highest BCUT2D eigenvalue weighted by Crippen LogP contribution is 2.31. The van der Waals surface area contributed by atoms with Gasteiger partial charge in [-0.2, -0.15) is 0 Å². The van der Waals surface area contributed by atoms with E-state index in [1.54, 1.807) is 0 Å². The molecular weight excluding hydrogens is 152 g/mol. The molecule has 2 heteroatoms. The van der Waals surface area contributed by atoms with Crippen LogP contribution >= 0.6 is 0 Å². The molecule has 0 amide bonds. The normalized spacial score (nSPS) is 11.3. The van der Waals surface area contributed by atoms with E-state index in [-0.39, 0.29) is 0 Å². The van der Waals surface area contributed by atoms with Crippen LogP contribution in [0.25, 0.3) is 11.2 Å². The van der Waals surface area contributed by atoms with Gasteiger partial charge in [-0.15, -0.1) is 0 Å². The summed E-state index contributed by atoms with van der Waals surface area (Å²) < 4.78 is 11.1. The van der Waals surface area contributed by atoms with Crippen molar-refractivity contribution >= 4 is 11.2 Å². The Bertz CT molecular complexity index is 390. The van der Waals surface area contributed by atoms with E-state index >= 15 is 0 Å². The first-order valence-electron chi connectivity index (χ1n) is 4.07. The molecule has 0 aliphatic carbocycles. The summed E-state index contributed by atoms with van der Waals surface area (Å²) in [7, 11) is 0. The van der Waals surface area contributed by atoms with Crippen molar-refractivity contribution in [2.24, 2.45) is 0 Å². The van der Waals surface area contributed by atoms with Crippen molar-refractivity contribution in [1.29, 1.82) is 0 Å². The SMILES string of the molecule is Cc1oc2c(C)c(C)oc2c1C. The Labute approximate surface area is 71.2 Å². The van der Waals surface area contributed by atoms with Gasteiger partial charge >= 0.3 is 0 Å². The Morgan fingerprint density at radius 3 is 1.33 bits per heavy atom. The number of fused-ring (bicyclic) bond motifs is 1. The van der Waals surface area contributed by atoms with Crippen LogP contribution in [0, 0.1) is 27.7 Å². The van der Waals surface area contributed by atoms with Crippen LogP contribution in [0.3, 0.4) is 0 Å². The molecule has 0 unspecified atom stereocenters. The van der Waals surface area contributed by atoms with Gasteiger partial charge in [0.1, 0.15) is 11.5 Å². The Morgan fingerprint density at radius 1 is 0.667 bits per heavy atom. The maximum absolute atomic E-state index is 5.56. The highest BCUT2D eigenvalue weighted by atomic mass is 16.4. The molecule has 2 rings (SSSR count). The molecular formula is C10H12O2. The second kappa shape index (κ2) is 2.16. The minimum absolute atomic E-state index is 0.905. The summed E-state index contributed by atoms with van der Waals surface area (Å²) in [5.74, 6) is 1.90. The first kappa shape index (κ1) is 7.47. The van der Waals surface area contributed by atoms with Crippen molar-refractivity contribution in [2.75, 3.05) is 0 Å². The molecule has 0 aliphatic rings. The Balaban J connectivity index is 2.93. The Hall–Kier alpha value is -1.18. The van der Waals surface area contributed by atoms with Gasteiger partial charge in [0.05, 0.1) is 0 Å². The van der Waals surface area contributed by atoms with Crippen LogP contribution in [-0.2, 0) is 0 Å². The summed E-state index contributed by atoms with van der Waals surface area (Å²) in [5.41, 5.74) is 4.03. The molecule has 0 bridgehead atoms. The summed E-state index contributed by atoms with van der Waals surface area (Å²) in [5, 5.41) is 0. The molecule has 0 radical (unpaired) electrons. The van der Waals surface area contributed by atoms with Crippen molar-refractivity contribution < 1.29 is 8.83 Å². The predicted molar refractivity (Wildman–Crippen MR) is 47.4 cm³/mol. The molecule has 2 aromatic rings. The average molecular weight is 164 g/mol. The fourth-order valence-corrected chi connectivity index (χ4v) is 1.37. The number of hydrogen-bond acceptors (Lipinski definition) is 2. The molecule has 0 saturated heterocycles. The van der Waals surface area contributed by atoms with Crippen LogP contribution in [0.2, 0.25) is 0 Å². The minimum atomic E-state index is 0.905. The lowest BCUT2D eigenvalue weighted by atomic mass is 10.2. The lowest BCUT2D eigenvalue weighted by Crippen LogP contribution is -1.70. The molecule has 0 atom stereocenters. The van der Waals surface area contributed by atoms with E-state index < -0.39 is 0 Å². The van der Waals surface area contributed by atoms with Gasteiger partial charge in [-0.05, 0) is 27.7 Å².